The summed E-state index contributed by atoms with van der Waals surface area (Å²) >= 11 is 0. The first-order valence-electron chi connectivity index (χ1n) is 31.2. The van der Waals surface area contributed by atoms with Gasteiger partial charge in [0.1, 0.15) is 108 Å². The van der Waals surface area contributed by atoms with Gasteiger partial charge in [-0.15, -0.1) is 0 Å². The maximum atomic E-state index is 14.1. The zero-order valence-corrected chi connectivity index (χ0v) is 53.9. The quantitative estimate of drug-likeness (QED) is 0.0151. The van der Waals surface area contributed by atoms with Crippen molar-refractivity contribution < 1.29 is 92.0 Å². The number of benzene rings is 3. The molecule has 12 atom stereocenters. The minimum atomic E-state index is -4.09. The number of rotatable bonds is 21. The minimum absolute atomic E-state index is 0. The van der Waals surface area contributed by atoms with Crippen LogP contribution in [0.25, 0.3) is 11.0 Å². The molecule has 7 aromatic rings. The Morgan fingerprint density at radius 3 is 1.60 bits per heavy atom. The molecule has 4 fully saturated rings. The van der Waals surface area contributed by atoms with Crippen LogP contribution in [0.2, 0.25) is 0 Å². The maximum absolute atomic E-state index is 14.1. The average Bonchev–Trinajstić information content (AvgIpc) is 1.59. The van der Waals surface area contributed by atoms with Gasteiger partial charge in [-0.05, 0) is 119 Å². The monoisotopic (exact) mass is 1390 g/mol. The van der Waals surface area contributed by atoms with Crippen LogP contribution in [0.15, 0.2) is 122 Å². The van der Waals surface area contributed by atoms with E-state index in [0.717, 1.165) is 64.2 Å². The van der Waals surface area contributed by atoms with Crippen molar-refractivity contribution >= 4 is 55.6 Å². The smallest absolute Gasteiger partial charge is 0.462 e. The Bertz CT molecular complexity index is 3960. The number of hydrogen-bond acceptors (Lipinski definition) is 27. The summed E-state index contributed by atoms with van der Waals surface area (Å²) in [6.07, 6.45) is 2.64. The molecule has 3 aromatic carbocycles. The summed E-state index contributed by atoms with van der Waals surface area (Å²) in [6, 6.07) is 30.8. The minimum Gasteiger partial charge on any atom is -0.462 e. The van der Waals surface area contributed by atoms with E-state index < -0.39 is 112 Å². The highest BCUT2D eigenvalue weighted by Crippen LogP contribution is 2.52. The van der Waals surface area contributed by atoms with Crippen LogP contribution in [0.5, 0.6) is 17.2 Å². The van der Waals surface area contributed by atoms with Crippen molar-refractivity contribution in [3.63, 3.8) is 0 Å². The lowest BCUT2D eigenvalue weighted by atomic mass is 9.92. The molecule has 0 spiro atoms. The number of carbonyl (C=O) groups excluding carboxylic acids is 2. The molecule has 0 bridgehead atoms. The molecular weight excluding hydrogens is 1310 g/mol. The number of fused-ring (bicyclic) bond motifs is 2. The molecule has 11 rings (SSSR count). The van der Waals surface area contributed by atoms with Crippen molar-refractivity contribution in [2.24, 2.45) is 5.92 Å². The van der Waals surface area contributed by atoms with Crippen LogP contribution in [0.1, 0.15) is 98.2 Å². The number of para-hydroxylation sites is 2. The summed E-state index contributed by atoms with van der Waals surface area (Å²) in [5.74, 6) is -0.903. The van der Waals surface area contributed by atoms with E-state index >= 15 is 0 Å². The van der Waals surface area contributed by atoms with Gasteiger partial charge in [-0.2, -0.15) is 25.8 Å². The molecule has 522 valence electrons. The summed E-state index contributed by atoms with van der Waals surface area (Å²) in [5.41, 5.74) is 8.74. The topological polar surface area (TPSA) is 458 Å². The van der Waals surface area contributed by atoms with Crippen molar-refractivity contribution in [3.05, 3.63) is 143 Å². The van der Waals surface area contributed by atoms with E-state index in [4.69, 9.17) is 49.9 Å². The van der Waals surface area contributed by atoms with Crippen LogP contribution in [-0.4, -0.2) is 153 Å². The van der Waals surface area contributed by atoms with Crippen molar-refractivity contribution in [1.82, 2.24) is 34.3 Å². The number of nitrogens with two attached hydrogens (primary N) is 2. The molecule has 2 aliphatic heterocycles. The molecule has 10 N–H and O–H groups in total. The number of ether oxygens (including phenoxy) is 4. The van der Waals surface area contributed by atoms with Gasteiger partial charge in [0.05, 0.1) is 50.1 Å². The van der Waals surface area contributed by atoms with E-state index in [-0.39, 0.29) is 71.8 Å². The van der Waals surface area contributed by atoms with Crippen LogP contribution in [0, 0.1) is 38.7 Å². The summed E-state index contributed by atoms with van der Waals surface area (Å²) in [5, 5.41) is 92.4. The fraction of sp³-hybridized carbons (Fsp3) is 0.460. The number of aromatic nitrogens is 6. The van der Waals surface area contributed by atoms with E-state index in [2.05, 4.69) is 25.3 Å². The number of nitriles is 2. The molecule has 97 heavy (non-hydrogen) atoms. The summed E-state index contributed by atoms with van der Waals surface area (Å²) in [6.45, 7) is 2.07. The fourth-order valence-corrected chi connectivity index (χ4v) is 14.5. The molecule has 34 heteroatoms. The average molecular weight is 1390 g/mol. The molecule has 2 saturated carbocycles. The standard InChI is InChI=1S/C28H34N5O8P.C21H25N2O7P.C12H13N5O4.CH3F.CH4/c1-18(27(36)39-19-8-4-2-5-9-19)15-42(37,41-20-10-6-3-7-11-20)38-14-22-24(34)25(35)28(16-29,40-22)23-13-12-21-26(30)31-17-32-33(21)23;1-16(21(24)28-18-8-4-2-5-9-18)22-31(27,29-19-10-6-3-7-11-19)30-20-14-12-17(13-15-20)23(25)26;13-4-12(10(20)9(19)7(3-18)21-12)8-2-1-6-11(14)15-5-16-17(6)8;1-2;/h3,6-7,10-13,17-19,22,24-25,34-35H,2,4-5,8-9,14-15H2,1H3,(H2,30,31,32);3,6-7,10-16,18H,2,4-5,8-9H2,1H3,(H,22,27);1-2,5,7,9-10,18-20H,3H2,(H2,14,15,16);1H3;1H4/t18-,22-,24-,25-,28+,42?;16-,31?;7-,9-,10-,12+;;/m101../s1/i;;;1D;. The number of nitrogens with zero attached hydrogens (tertiary/aromatic N) is 9. The van der Waals surface area contributed by atoms with Gasteiger partial charge < -0.3 is 69.5 Å². The number of nitro benzene ring substituents is 1. The van der Waals surface area contributed by atoms with Gasteiger partial charge >= 0.3 is 27.3 Å². The van der Waals surface area contributed by atoms with Crippen molar-refractivity contribution in [1.29, 1.82) is 10.5 Å². The van der Waals surface area contributed by atoms with Crippen LogP contribution in [-0.2, 0) is 53.4 Å². The second kappa shape index (κ2) is 34.0. The molecule has 4 aromatic heterocycles. The van der Waals surface area contributed by atoms with E-state index in [9.17, 15) is 69.3 Å². The van der Waals surface area contributed by atoms with Gasteiger partial charge in [0, 0.05) is 12.1 Å². The fourth-order valence-electron chi connectivity index (χ4n) is 11.1. The Morgan fingerprint density at radius 1 is 0.722 bits per heavy atom. The van der Waals surface area contributed by atoms with Gasteiger partial charge in [0.2, 0.25) is 11.2 Å². The Kier molecular flexibility index (Phi) is 25.9. The number of nitro groups is 1. The largest absolute Gasteiger partial charge is 0.513 e. The third-order valence-corrected chi connectivity index (χ3v) is 19.7. The number of esters is 2. The van der Waals surface area contributed by atoms with Crippen LogP contribution in [0.4, 0.5) is 21.7 Å². The Morgan fingerprint density at radius 2 is 1.15 bits per heavy atom. The highest BCUT2D eigenvalue weighted by molar-refractivity contribution is 7.54. The first-order chi connectivity index (χ1) is 46.5. The molecular formula is C63H79FN12O19P2. The highest BCUT2D eigenvalue weighted by Gasteiger charge is 2.59. The SMILES string of the molecule is C.C[C@H](CP(=O)(OC[C@H]1O[C@@](C#N)(c2ccc3c(N)ncnn23)[C@H](O)[C@@H]1O)Oc1ccccc1)C(=O)OC1CCCCC1.C[C@H](NP(=O)(Oc1ccccc1)Oc1ccc([N+](=O)[O-])cc1)C(=O)OC1CCCCC1.N#C[C@@]1(c2ccc3c(N)ncnn23)O[C@H](CO)[C@@H](O)[C@H]1O.[2H]CF. The lowest BCUT2D eigenvalue weighted by molar-refractivity contribution is -0.384. The number of aliphatic hydroxyl groups is 5. The molecule has 6 heterocycles. The van der Waals surface area contributed by atoms with Crippen LogP contribution >= 0.6 is 15.3 Å². The summed E-state index contributed by atoms with van der Waals surface area (Å²) in [4.78, 5) is 43.4. The Hall–Kier alpha value is -8.75. The Balaban J connectivity index is 0.000000212. The van der Waals surface area contributed by atoms with Crippen molar-refractivity contribution in [2.45, 2.75) is 152 Å². The molecule has 31 nitrogen and oxygen atoms in total. The number of hydrogen-bond donors (Lipinski definition) is 8. The zero-order chi connectivity index (χ0) is 70.1. The van der Waals surface area contributed by atoms with Gasteiger partial charge in [-0.1, -0.05) is 63.6 Å². The van der Waals surface area contributed by atoms with E-state index in [1.807, 2.05) is 12.1 Å². The number of alkyl halides is 1. The van der Waals surface area contributed by atoms with E-state index in [1.165, 1.54) is 65.0 Å². The van der Waals surface area contributed by atoms with Gasteiger partial charge in [0.15, 0.2) is 11.6 Å². The van der Waals surface area contributed by atoms with E-state index in [1.54, 1.807) is 79.7 Å². The van der Waals surface area contributed by atoms with Crippen molar-refractivity contribution in [3.8, 4) is 29.4 Å². The second-order valence-corrected chi connectivity index (χ2v) is 26.4. The number of nitrogens with one attached hydrogen (secondary N) is 1. The summed E-state index contributed by atoms with van der Waals surface area (Å²) in [7, 11) is -9.14. The molecule has 2 unspecified atom stereocenters. The molecule has 2 aliphatic carbocycles. The van der Waals surface area contributed by atoms with Gasteiger partial charge in [-0.3, -0.25) is 28.6 Å². The predicted molar refractivity (Wildman–Crippen MR) is 346 cm³/mol. The van der Waals surface area contributed by atoms with Gasteiger partial charge in [-0.25, -0.2) is 28.1 Å². The second-order valence-electron chi connectivity index (χ2n) is 22.8. The number of anilines is 2. The highest BCUT2D eigenvalue weighted by atomic mass is 31.2. The van der Waals surface area contributed by atoms with E-state index in [0.29, 0.717) is 11.0 Å². The number of halogens is 1. The number of aliphatic hydroxyl groups excluding tert-OH is 5. The molecule has 4 aliphatic rings. The third-order valence-electron chi connectivity index (χ3n) is 16.1. The Labute approximate surface area is 558 Å². The predicted octanol–water partition coefficient (Wildman–Crippen LogP) is 7.33. The number of nitrogen functional groups attached to an aromatic ring is 2. The summed E-state index contributed by atoms with van der Waals surface area (Å²) < 4.78 is 90.9. The first-order valence-corrected chi connectivity index (χ1v) is 33.7. The number of carbonyl (C=O) groups is 2. The first kappa shape index (κ1) is 74.0. The zero-order valence-electron chi connectivity index (χ0n) is 53.1. The molecule has 0 amide bonds. The van der Waals surface area contributed by atoms with Crippen LogP contribution in [0.3, 0.4) is 0 Å². The van der Waals surface area contributed by atoms with Crippen molar-refractivity contribution in [2.75, 3.05) is 38.0 Å². The van der Waals surface area contributed by atoms with Crippen LogP contribution < -0.4 is 30.1 Å². The normalized spacial score (nSPS) is 24.3. The van der Waals surface area contributed by atoms with Gasteiger partial charge in [0.25, 0.3) is 5.69 Å². The maximum Gasteiger partial charge on any atom is 0.513 e. The lowest BCUT2D eigenvalue weighted by Crippen LogP contribution is -2.41. The number of non-ortho nitro benzene ring substituents is 1. The molecule has 2 saturated heterocycles. The molecule has 0 radical (unpaired) electrons. The lowest BCUT2D eigenvalue weighted by Gasteiger charge is -2.26. The third kappa shape index (κ3) is 17.9.